The predicted molar refractivity (Wildman–Crippen MR) is 91.7 cm³/mol. The second-order valence-corrected chi connectivity index (χ2v) is 6.47. The molecule has 124 valence electrons. The number of anilines is 1. The standard InChI is InChI=1S/C16H14BrN3O4/c1-7(2)24-11-5-8(17)3-4-10(11)20-12(21)6-9-13(14(20)18)16(23)19-15(9)22/h3-7H,18H2,1-2H3,(H,19,22,23). The fourth-order valence-electron chi connectivity index (χ4n) is 2.55. The number of nitrogen functional groups attached to an aromatic ring is 1. The van der Waals surface area contributed by atoms with Gasteiger partial charge in [-0.25, -0.2) is 0 Å². The number of benzene rings is 1. The maximum absolute atomic E-state index is 12.5. The molecule has 1 aromatic carbocycles. The molecule has 1 aromatic heterocycles. The summed E-state index contributed by atoms with van der Waals surface area (Å²) in [7, 11) is 0. The number of amides is 2. The summed E-state index contributed by atoms with van der Waals surface area (Å²) >= 11 is 3.36. The number of ether oxygens (including phenoxy) is 1. The van der Waals surface area contributed by atoms with Crippen LogP contribution in [0.2, 0.25) is 0 Å². The maximum atomic E-state index is 12.5. The number of nitrogens with one attached hydrogen (secondary N) is 1. The van der Waals surface area contributed by atoms with Crippen LogP contribution >= 0.6 is 15.9 Å². The van der Waals surface area contributed by atoms with Gasteiger partial charge < -0.3 is 10.5 Å². The minimum atomic E-state index is -0.625. The van der Waals surface area contributed by atoms with Gasteiger partial charge in [-0.1, -0.05) is 15.9 Å². The highest BCUT2D eigenvalue weighted by Gasteiger charge is 2.32. The van der Waals surface area contributed by atoms with Gasteiger partial charge in [-0.2, -0.15) is 0 Å². The van der Waals surface area contributed by atoms with Crippen LogP contribution in [0.1, 0.15) is 34.6 Å². The molecule has 2 heterocycles. The summed E-state index contributed by atoms with van der Waals surface area (Å²) in [6, 6.07) is 6.19. The summed E-state index contributed by atoms with van der Waals surface area (Å²) in [6.07, 6.45) is -0.130. The van der Waals surface area contributed by atoms with Gasteiger partial charge >= 0.3 is 0 Å². The van der Waals surface area contributed by atoms with Crippen LogP contribution in [0.5, 0.6) is 5.75 Å². The first kappa shape index (κ1) is 16.3. The number of imide groups is 1. The highest BCUT2D eigenvalue weighted by molar-refractivity contribution is 9.10. The van der Waals surface area contributed by atoms with Gasteiger partial charge in [0.25, 0.3) is 17.4 Å². The number of halogens is 1. The summed E-state index contributed by atoms with van der Waals surface area (Å²) in [6.45, 7) is 3.71. The Morgan fingerprint density at radius 3 is 2.54 bits per heavy atom. The Morgan fingerprint density at radius 2 is 1.88 bits per heavy atom. The van der Waals surface area contributed by atoms with Crippen LogP contribution in [0.3, 0.4) is 0 Å². The molecule has 2 amide bonds. The van der Waals surface area contributed by atoms with Crippen LogP contribution in [0.15, 0.2) is 33.5 Å². The SMILES string of the molecule is CC(C)Oc1cc(Br)ccc1-n1c(N)c2c(cc1=O)C(=O)NC2=O. The van der Waals surface area contributed by atoms with E-state index < -0.39 is 17.4 Å². The number of nitrogens with two attached hydrogens (primary N) is 1. The molecule has 0 saturated heterocycles. The van der Waals surface area contributed by atoms with Gasteiger partial charge in [0.05, 0.1) is 22.9 Å². The lowest BCUT2D eigenvalue weighted by Crippen LogP contribution is -2.25. The lowest BCUT2D eigenvalue weighted by atomic mass is 10.1. The van der Waals surface area contributed by atoms with Crippen LogP contribution in [0, 0.1) is 0 Å². The molecule has 0 fully saturated rings. The normalized spacial score (nSPS) is 13.2. The average Bonchev–Trinajstić information content (AvgIpc) is 2.75. The van der Waals surface area contributed by atoms with Crippen LogP contribution in [-0.2, 0) is 0 Å². The molecular formula is C16H14BrN3O4. The van der Waals surface area contributed by atoms with E-state index in [1.165, 1.54) is 4.57 Å². The Labute approximate surface area is 145 Å². The van der Waals surface area contributed by atoms with Crippen molar-refractivity contribution in [3.05, 3.63) is 50.2 Å². The van der Waals surface area contributed by atoms with E-state index in [0.29, 0.717) is 11.4 Å². The summed E-state index contributed by atoms with van der Waals surface area (Å²) in [5.41, 5.74) is 5.90. The average molecular weight is 392 g/mol. The summed E-state index contributed by atoms with van der Waals surface area (Å²) in [5, 5.41) is 2.14. The fraction of sp³-hybridized carbons (Fsp3) is 0.188. The third kappa shape index (κ3) is 2.58. The van der Waals surface area contributed by atoms with E-state index in [1.54, 1.807) is 18.2 Å². The van der Waals surface area contributed by atoms with Gasteiger partial charge in [-0.05, 0) is 32.0 Å². The van der Waals surface area contributed by atoms with Crippen molar-refractivity contribution in [1.29, 1.82) is 0 Å². The Bertz CT molecular complexity index is 934. The zero-order chi connectivity index (χ0) is 17.6. The van der Waals surface area contributed by atoms with Crippen molar-refractivity contribution >= 4 is 33.6 Å². The van der Waals surface area contributed by atoms with Crippen LogP contribution in [0.25, 0.3) is 5.69 Å². The molecule has 3 N–H and O–H groups in total. The number of carbonyl (C=O) groups is 2. The maximum Gasteiger partial charge on any atom is 0.262 e. The molecule has 0 atom stereocenters. The van der Waals surface area contributed by atoms with E-state index in [9.17, 15) is 14.4 Å². The van der Waals surface area contributed by atoms with Crippen LogP contribution in [0.4, 0.5) is 5.82 Å². The molecule has 0 bridgehead atoms. The van der Waals surface area contributed by atoms with Gasteiger partial charge in [0.1, 0.15) is 11.6 Å². The summed E-state index contributed by atoms with van der Waals surface area (Å²) < 4.78 is 7.68. The number of nitrogens with zero attached hydrogens (tertiary/aromatic N) is 1. The Balaban J connectivity index is 2.29. The van der Waals surface area contributed by atoms with Crippen molar-refractivity contribution in [3.63, 3.8) is 0 Å². The molecule has 3 rings (SSSR count). The fourth-order valence-corrected chi connectivity index (χ4v) is 2.89. The number of aromatic nitrogens is 1. The smallest absolute Gasteiger partial charge is 0.262 e. The first-order valence-electron chi connectivity index (χ1n) is 7.17. The molecule has 8 heteroatoms. The van der Waals surface area contributed by atoms with E-state index in [2.05, 4.69) is 21.2 Å². The molecule has 0 radical (unpaired) electrons. The highest BCUT2D eigenvalue weighted by atomic mass is 79.9. The number of pyridine rings is 1. The highest BCUT2D eigenvalue weighted by Crippen LogP contribution is 2.30. The number of hydrogen-bond acceptors (Lipinski definition) is 5. The number of rotatable bonds is 3. The van der Waals surface area contributed by atoms with E-state index in [4.69, 9.17) is 10.5 Å². The largest absolute Gasteiger partial charge is 0.489 e. The Kier molecular flexibility index (Phi) is 3.92. The first-order chi connectivity index (χ1) is 11.3. The van der Waals surface area contributed by atoms with Crippen molar-refractivity contribution in [2.45, 2.75) is 20.0 Å². The second-order valence-electron chi connectivity index (χ2n) is 5.55. The van der Waals surface area contributed by atoms with Crippen LogP contribution in [-0.4, -0.2) is 22.5 Å². The molecule has 0 unspecified atom stereocenters. The predicted octanol–water partition coefficient (Wildman–Crippen LogP) is 1.85. The van der Waals surface area contributed by atoms with Crippen LogP contribution < -0.4 is 21.3 Å². The van der Waals surface area contributed by atoms with Gasteiger partial charge in [0.15, 0.2) is 0 Å². The second kappa shape index (κ2) is 5.79. The van der Waals surface area contributed by atoms with E-state index in [1.807, 2.05) is 13.8 Å². The molecule has 0 aliphatic carbocycles. The van der Waals surface area contributed by atoms with Gasteiger partial charge in [-0.3, -0.25) is 24.3 Å². The minimum absolute atomic E-state index is 0.00184. The first-order valence-corrected chi connectivity index (χ1v) is 7.96. The topological polar surface area (TPSA) is 103 Å². The quantitative estimate of drug-likeness (QED) is 0.777. The zero-order valence-electron chi connectivity index (χ0n) is 12.9. The number of hydrogen-bond donors (Lipinski definition) is 2. The molecule has 2 aromatic rings. The van der Waals surface area contributed by atoms with Crippen molar-refractivity contribution in [2.24, 2.45) is 0 Å². The van der Waals surface area contributed by atoms with Crippen molar-refractivity contribution in [2.75, 3.05) is 5.73 Å². The van der Waals surface area contributed by atoms with Gasteiger partial charge in [0, 0.05) is 10.5 Å². The van der Waals surface area contributed by atoms with Gasteiger partial charge in [0.2, 0.25) is 0 Å². The van der Waals surface area contributed by atoms with Crippen molar-refractivity contribution in [3.8, 4) is 11.4 Å². The molecular weight excluding hydrogens is 378 g/mol. The van der Waals surface area contributed by atoms with E-state index in [0.717, 1.165) is 10.5 Å². The van der Waals surface area contributed by atoms with Crippen molar-refractivity contribution < 1.29 is 14.3 Å². The molecule has 1 aliphatic heterocycles. The molecule has 1 aliphatic rings. The third-order valence-electron chi connectivity index (χ3n) is 3.48. The van der Waals surface area contributed by atoms with Gasteiger partial charge in [-0.15, -0.1) is 0 Å². The zero-order valence-corrected chi connectivity index (χ0v) is 14.5. The molecule has 0 spiro atoms. The van der Waals surface area contributed by atoms with E-state index >= 15 is 0 Å². The summed E-state index contributed by atoms with van der Waals surface area (Å²) in [5.74, 6) is -0.917. The molecule has 24 heavy (non-hydrogen) atoms. The molecule has 7 nitrogen and oxygen atoms in total. The lowest BCUT2D eigenvalue weighted by molar-refractivity contribution is 0.0880. The number of carbonyl (C=O) groups excluding carboxylic acids is 2. The monoisotopic (exact) mass is 391 g/mol. The third-order valence-corrected chi connectivity index (χ3v) is 3.97. The Morgan fingerprint density at radius 1 is 1.17 bits per heavy atom. The lowest BCUT2D eigenvalue weighted by Gasteiger charge is -2.18. The van der Waals surface area contributed by atoms with E-state index in [-0.39, 0.29) is 23.0 Å². The molecule has 0 saturated carbocycles. The number of fused-ring (bicyclic) bond motifs is 1. The minimum Gasteiger partial charge on any atom is -0.489 e. The van der Waals surface area contributed by atoms with Crippen molar-refractivity contribution in [1.82, 2.24) is 9.88 Å². The summed E-state index contributed by atoms with van der Waals surface area (Å²) in [4.78, 5) is 36.2. The Hall–Kier alpha value is -2.61.